The van der Waals surface area contributed by atoms with Crippen LogP contribution in [0.3, 0.4) is 0 Å². The van der Waals surface area contributed by atoms with Crippen LogP contribution >= 0.6 is 0 Å². The molecule has 1 aromatic carbocycles. The summed E-state index contributed by atoms with van der Waals surface area (Å²) in [7, 11) is 0. The molecule has 0 saturated heterocycles. The summed E-state index contributed by atoms with van der Waals surface area (Å²) in [5.74, 6) is 2.31. The highest BCUT2D eigenvalue weighted by Crippen LogP contribution is 2.27. The van der Waals surface area contributed by atoms with Gasteiger partial charge in [-0.2, -0.15) is 0 Å². The van der Waals surface area contributed by atoms with Gasteiger partial charge in [-0.3, -0.25) is 0 Å². The van der Waals surface area contributed by atoms with E-state index < -0.39 is 0 Å². The number of aromatic nitrogens is 2. The van der Waals surface area contributed by atoms with E-state index in [1.807, 2.05) is 6.92 Å². The lowest BCUT2D eigenvalue weighted by molar-refractivity contribution is 0.665. The Balaban J connectivity index is 2.39. The van der Waals surface area contributed by atoms with E-state index in [0.717, 1.165) is 35.9 Å². The quantitative estimate of drug-likeness (QED) is 0.900. The van der Waals surface area contributed by atoms with Crippen molar-refractivity contribution in [1.82, 2.24) is 9.55 Å². The van der Waals surface area contributed by atoms with E-state index in [1.165, 1.54) is 5.56 Å². The summed E-state index contributed by atoms with van der Waals surface area (Å²) in [5.41, 5.74) is 9.56. The van der Waals surface area contributed by atoms with Crippen molar-refractivity contribution >= 4 is 5.82 Å². The van der Waals surface area contributed by atoms with Crippen LogP contribution in [-0.2, 0) is 6.54 Å². The van der Waals surface area contributed by atoms with Gasteiger partial charge in [0.05, 0.1) is 0 Å². The van der Waals surface area contributed by atoms with Gasteiger partial charge in [-0.15, -0.1) is 0 Å². The van der Waals surface area contributed by atoms with Gasteiger partial charge in [-0.25, -0.2) is 4.98 Å². The molecule has 102 valence electrons. The number of nitrogens with zero attached hydrogens (tertiary/aromatic N) is 2. The molecular weight excluding hydrogens is 234 g/mol. The maximum Gasteiger partial charge on any atom is 0.131 e. The zero-order valence-electron chi connectivity index (χ0n) is 12.3. The van der Waals surface area contributed by atoms with Crippen molar-refractivity contribution in [3.63, 3.8) is 0 Å². The third-order valence-electron chi connectivity index (χ3n) is 3.50. The van der Waals surface area contributed by atoms with Crippen LogP contribution in [0, 0.1) is 6.92 Å². The number of aryl methyl sites for hydroxylation is 1. The molecule has 1 heterocycles. The van der Waals surface area contributed by atoms with Crippen molar-refractivity contribution < 1.29 is 0 Å². The van der Waals surface area contributed by atoms with Gasteiger partial charge in [-0.05, 0) is 24.8 Å². The summed E-state index contributed by atoms with van der Waals surface area (Å²) >= 11 is 0. The van der Waals surface area contributed by atoms with E-state index >= 15 is 0 Å². The maximum absolute atomic E-state index is 6.22. The number of imidazole rings is 1. The van der Waals surface area contributed by atoms with Crippen LogP contribution < -0.4 is 5.73 Å². The van der Waals surface area contributed by atoms with Crippen LogP contribution in [0.2, 0.25) is 0 Å². The van der Waals surface area contributed by atoms with Crippen molar-refractivity contribution in [3.05, 3.63) is 35.7 Å². The highest BCUT2D eigenvalue weighted by molar-refractivity contribution is 5.71. The van der Waals surface area contributed by atoms with Crippen molar-refractivity contribution in [2.24, 2.45) is 0 Å². The minimum Gasteiger partial charge on any atom is -0.383 e. The molecule has 1 aromatic heterocycles. The van der Waals surface area contributed by atoms with E-state index in [9.17, 15) is 0 Å². The second-order valence-electron chi connectivity index (χ2n) is 5.32. The van der Waals surface area contributed by atoms with Gasteiger partial charge >= 0.3 is 0 Å². The number of benzene rings is 1. The number of rotatable bonds is 4. The summed E-state index contributed by atoms with van der Waals surface area (Å²) < 4.78 is 2.09. The van der Waals surface area contributed by atoms with Crippen LogP contribution in [0.5, 0.6) is 0 Å². The van der Waals surface area contributed by atoms with Crippen LogP contribution in [0.1, 0.15) is 44.5 Å². The molecule has 0 fully saturated rings. The Kier molecular flexibility index (Phi) is 3.93. The Morgan fingerprint density at radius 3 is 2.37 bits per heavy atom. The molecule has 0 aliphatic carbocycles. The van der Waals surface area contributed by atoms with Crippen LogP contribution in [0.4, 0.5) is 5.82 Å². The zero-order valence-corrected chi connectivity index (χ0v) is 12.3. The Hall–Kier alpha value is -1.77. The fourth-order valence-corrected chi connectivity index (χ4v) is 2.33. The lowest BCUT2D eigenvalue weighted by Gasteiger charge is -2.07. The minimum atomic E-state index is 0.547. The summed E-state index contributed by atoms with van der Waals surface area (Å²) in [6.45, 7) is 9.48. The van der Waals surface area contributed by atoms with Crippen molar-refractivity contribution in [2.75, 3.05) is 5.73 Å². The molecule has 0 radical (unpaired) electrons. The molecule has 0 spiro atoms. The molecule has 0 unspecified atom stereocenters. The average Bonchev–Trinajstić information content (AvgIpc) is 2.67. The number of anilines is 1. The molecule has 2 N–H and O–H groups in total. The SMILES string of the molecule is CCCn1c(C)nc(-c2ccc(C(C)C)cc2)c1N. The molecule has 0 atom stereocenters. The van der Waals surface area contributed by atoms with Crippen LogP contribution in [0.25, 0.3) is 11.3 Å². The Bertz CT molecular complexity index is 550. The third kappa shape index (κ3) is 2.65. The fraction of sp³-hybridized carbons (Fsp3) is 0.438. The van der Waals surface area contributed by atoms with E-state index in [2.05, 4.69) is 54.6 Å². The number of hydrogen-bond donors (Lipinski definition) is 1. The molecule has 2 aromatic rings. The topological polar surface area (TPSA) is 43.8 Å². The van der Waals surface area contributed by atoms with Gasteiger partial charge in [0.25, 0.3) is 0 Å². The standard InChI is InChI=1S/C16H23N3/c1-5-10-19-12(4)18-15(16(19)17)14-8-6-13(7-9-14)11(2)3/h6-9,11H,5,10,17H2,1-4H3. The Labute approximate surface area is 115 Å². The van der Waals surface area contributed by atoms with E-state index in [4.69, 9.17) is 5.73 Å². The molecule has 0 amide bonds. The molecule has 2 rings (SSSR count). The highest BCUT2D eigenvalue weighted by Gasteiger charge is 2.13. The monoisotopic (exact) mass is 257 g/mol. The number of nitrogen functional groups attached to an aromatic ring is 1. The zero-order chi connectivity index (χ0) is 14.0. The van der Waals surface area contributed by atoms with Crippen molar-refractivity contribution in [3.8, 4) is 11.3 Å². The predicted molar refractivity (Wildman–Crippen MR) is 81.2 cm³/mol. The lowest BCUT2D eigenvalue weighted by Crippen LogP contribution is -2.04. The predicted octanol–water partition coefficient (Wildman–Crippen LogP) is 3.97. The average molecular weight is 257 g/mol. The molecule has 19 heavy (non-hydrogen) atoms. The first kappa shape index (κ1) is 13.7. The second-order valence-corrected chi connectivity index (χ2v) is 5.32. The Morgan fingerprint density at radius 2 is 1.84 bits per heavy atom. The first-order chi connectivity index (χ1) is 9.04. The maximum atomic E-state index is 6.22. The second kappa shape index (κ2) is 5.47. The van der Waals surface area contributed by atoms with Gasteiger partial charge in [-0.1, -0.05) is 45.0 Å². The third-order valence-corrected chi connectivity index (χ3v) is 3.50. The first-order valence-corrected chi connectivity index (χ1v) is 6.97. The molecular formula is C16H23N3. The van der Waals surface area contributed by atoms with E-state index in [0.29, 0.717) is 5.92 Å². The van der Waals surface area contributed by atoms with E-state index in [1.54, 1.807) is 0 Å². The van der Waals surface area contributed by atoms with Crippen molar-refractivity contribution in [1.29, 1.82) is 0 Å². The van der Waals surface area contributed by atoms with Crippen LogP contribution in [-0.4, -0.2) is 9.55 Å². The fourth-order valence-electron chi connectivity index (χ4n) is 2.33. The molecule has 3 nitrogen and oxygen atoms in total. The molecule has 0 bridgehead atoms. The van der Waals surface area contributed by atoms with Gasteiger partial charge in [0.15, 0.2) is 0 Å². The largest absolute Gasteiger partial charge is 0.383 e. The number of nitrogens with two attached hydrogens (primary N) is 1. The normalized spacial score (nSPS) is 11.2. The van der Waals surface area contributed by atoms with Crippen LogP contribution in [0.15, 0.2) is 24.3 Å². The summed E-state index contributed by atoms with van der Waals surface area (Å²) in [4.78, 5) is 4.61. The summed E-state index contributed by atoms with van der Waals surface area (Å²) in [6, 6.07) is 8.55. The van der Waals surface area contributed by atoms with Gasteiger partial charge in [0.1, 0.15) is 17.3 Å². The van der Waals surface area contributed by atoms with Crippen molar-refractivity contribution in [2.45, 2.75) is 46.6 Å². The smallest absolute Gasteiger partial charge is 0.131 e. The lowest BCUT2D eigenvalue weighted by atomic mass is 10.0. The molecule has 0 aliphatic heterocycles. The Morgan fingerprint density at radius 1 is 1.21 bits per heavy atom. The van der Waals surface area contributed by atoms with Gasteiger partial charge in [0.2, 0.25) is 0 Å². The molecule has 0 aliphatic rings. The minimum absolute atomic E-state index is 0.547. The van der Waals surface area contributed by atoms with E-state index in [-0.39, 0.29) is 0 Å². The molecule has 0 saturated carbocycles. The highest BCUT2D eigenvalue weighted by atomic mass is 15.1. The molecule has 3 heteroatoms. The van der Waals surface area contributed by atoms with Gasteiger partial charge in [0, 0.05) is 12.1 Å². The summed E-state index contributed by atoms with van der Waals surface area (Å²) in [5, 5.41) is 0. The van der Waals surface area contributed by atoms with Gasteiger partial charge < -0.3 is 10.3 Å². The number of hydrogen-bond acceptors (Lipinski definition) is 2. The summed E-state index contributed by atoms with van der Waals surface area (Å²) in [6.07, 6.45) is 1.06. The first-order valence-electron chi connectivity index (χ1n) is 6.97.